The number of ether oxygens (including phenoxy) is 1. The minimum atomic E-state index is -0.392. The summed E-state index contributed by atoms with van der Waals surface area (Å²) in [5.41, 5.74) is -0.0329. The Labute approximate surface area is 110 Å². The number of rotatable bonds is 0. The molecular weight excluding hydrogens is 228 g/mol. The predicted molar refractivity (Wildman–Crippen MR) is 71.6 cm³/mol. The van der Waals surface area contributed by atoms with Gasteiger partial charge in [-0.1, -0.05) is 0 Å². The van der Waals surface area contributed by atoms with E-state index >= 15 is 0 Å². The van der Waals surface area contributed by atoms with Crippen molar-refractivity contribution in [2.75, 3.05) is 26.7 Å². The molecule has 104 valence electrons. The van der Waals surface area contributed by atoms with Gasteiger partial charge in [0.25, 0.3) is 0 Å². The van der Waals surface area contributed by atoms with Gasteiger partial charge in [-0.3, -0.25) is 0 Å². The number of hydrogen-bond donors (Lipinski definition) is 0. The van der Waals surface area contributed by atoms with Crippen LogP contribution < -0.4 is 0 Å². The van der Waals surface area contributed by atoms with Gasteiger partial charge in [-0.15, -0.1) is 0 Å². The van der Waals surface area contributed by atoms with Gasteiger partial charge in [0.05, 0.1) is 0 Å². The van der Waals surface area contributed by atoms with E-state index in [4.69, 9.17) is 4.74 Å². The maximum absolute atomic E-state index is 12.0. The molecule has 2 aliphatic heterocycles. The molecule has 0 radical (unpaired) electrons. The summed E-state index contributed by atoms with van der Waals surface area (Å²) in [6.07, 6.45) is 4.60. The van der Waals surface area contributed by atoms with E-state index in [1.807, 2.05) is 25.7 Å². The van der Waals surface area contributed by atoms with E-state index in [1.54, 1.807) is 0 Å². The summed E-state index contributed by atoms with van der Waals surface area (Å²) in [7, 11) is 2.22. The summed E-state index contributed by atoms with van der Waals surface area (Å²) >= 11 is 0. The second-order valence-electron chi connectivity index (χ2n) is 6.72. The molecule has 4 heteroatoms. The zero-order valence-corrected chi connectivity index (χ0v) is 12.2. The molecule has 18 heavy (non-hydrogen) atoms. The lowest BCUT2D eigenvalue weighted by molar-refractivity contribution is 0.00648. The van der Waals surface area contributed by atoms with E-state index in [0.29, 0.717) is 5.54 Å². The van der Waals surface area contributed by atoms with Gasteiger partial charge in [0, 0.05) is 18.6 Å². The van der Waals surface area contributed by atoms with Crippen molar-refractivity contribution in [3.8, 4) is 0 Å². The first-order chi connectivity index (χ1) is 8.32. The molecule has 0 saturated carbocycles. The van der Waals surface area contributed by atoms with Crippen molar-refractivity contribution >= 4 is 6.09 Å². The summed E-state index contributed by atoms with van der Waals surface area (Å²) in [5, 5.41) is 0. The van der Waals surface area contributed by atoms with Crippen LogP contribution in [0, 0.1) is 0 Å². The average Bonchev–Trinajstić information content (AvgIpc) is 2.59. The molecule has 1 spiro atoms. The third-order valence-corrected chi connectivity index (χ3v) is 4.29. The van der Waals surface area contributed by atoms with Gasteiger partial charge in [0.1, 0.15) is 5.60 Å². The molecule has 0 aromatic heterocycles. The van der Waals surface area contributed by atoms with Crippen LogP contribution in [0.25, 0.3) is 0 Å². The maximum atomic E-state index is 12.0. The van der Waals surface area contributed by atoms with Crippen LogP contribution in [0.4, 0.5) is 4.79 Å². The van der Waals surface area contributed by atoms with Crippen molar-refractivity contribution in [3.63, 3.8) is 0 Å². The third kappa shape index (κ3) is 2.79. The highest BCUT2D eigenvalue weighted by atomic mass is 16.6. The molecule has 0 unspecified atom stereocenters. The van der Waals surface area contributed by atoms with Crippen LogP contribution in [-0.4, -0.2) is 53.7 Å². The quantitative estimate of drug-likeness (QED) is 0.666. The molecule has 2 aliphatic rings. The molecule has 0 aromatic carbocycles. The Bertz CT molecular complexity index is 314. The van der Waals surface area contributed by atoms with Crippen molar-refractivity contribution in [3.05, 3.63) is 0 Å². The largest absolute Gasteiger partial charge is 0.444 e. The van der Waals surface area contributed by atoms with Crippen LogP contribution in [0.5, 0.6) is 0 Å². The molecule has 2 saturated heterocycles. The van der Waals surface area contributed by atoms with E-state index in [2.05, 4.69) is 11.9 Å². The smallest absolute Gasteiger partial charge is 0.410 e. The number of likely N-dealkylation sites (tertiary alicyclic amines) is 2. The maximum Gasteiger partial charge on any atom is 0.410 e. The summed E-state index contributed by atoms with van der Waals surface area (Å²) in [6, 6.07) is 0. The van der Waals surface area contributed by atoms with E-state index in [0.717, 1.165) is 25.9 Å². The lowest BCUT2D eigenvalue weighted by Crippen LogP contribution is -2.52. The number of piperidine rings is 1. The molecule has 2 heterocycles. The van der Waals surface area contributed by atoms with Gasteiger partial charge < -0.3 is 14.5 Å². The summed E-state index contributed by atoms with van der Waals surface area (Å²) in [4.78, 5) is 16.3. The van der Waals surface area contributed by atoms with Gasteiger partial charge in [-0.2, -0.15) is 0 Å². The highest BCUT2D eigenvalue weighted by Gasteiger charge is 2.42. The molecule has 2 fully saturated rings. The molecule has 0 aromatic rings. The van der Waals surface area contributed by atoms with Crippen LogP contribution in [0.2, 0.25) is 0 Å². The second kappa shape index (κ2) is 4.72. The summed E-state index contributed by atoms with van der Waals surface area (Å²) in [6.45, 7) is 8.62. The molecule has 0 bridgehead atoms. The number of amides is 1. The van der Waals surface area contributed by atoms with Gasteiger partial charge in [-0.05, 0) is 60.0 Å². The van der Waals surface area contributed by atoms with Gasteiger partial charge in [0.15, 0.2) is 0 Å². The Hall–Kier alpha value is -0.770. The molecular formula is C14H26N2O2. The highest BCUT2D eigenvalue weighted by Crippen LogP contribution is 2.37. The summed E-state index contributed by atoms with van der Waals surface area (Å²) < 4.78 is 5.43. The molecule has 2 rings (SSSR count). The van der Waals surface area contributed by atoms with Gasteiger partial charge in [0.2, 0.25) is 0 Å². The van der Waals surface area contributed by atoms with Crippen molar-refractivity contribution in [2.24, 2.45) is 0 Å². The summed E-state index contributed by atoms with van der Waals surface area (Å²) in [5.74, 6) is 0. The molecule has 1 amide bonds. The fourth-order valence-corrected chi connectivity index (χ4v) is 3.14. The first kappa shape index (κ1) is 13.7. The van der Waals surface area contributed by atoms with Crippen LogP contribution in [0.15, 0.2) is 0 Å². The number of carbonyl (C=O) groups excluding carboxylic acids is 1. The molecule has 4 nitrogen and oxygen atoms in total. The first-order valence-electron chi connectivity index (χ1n) is 7.02. The molecule has 0 N–H and O–H groups in total. The fourth-order valence-electron chi connectivity index (χ4n) is 3.14. The van der Waals surface area contributed by atoms with E-state index in [1.165, 1.54) is 19.4 Å². The van der Waals surface area contributed by atoms with Crippen molar-refractivity contribution in [1.82, 2.24) is 9.80 Å². The molecule has 0 aliphatic carbocycles. The third-order valence-electron chi connectivity index (χ3n) is 4.29. The zero-order valence-electron chi connectivity index (χ0n) is 12.2. The first-order valence-corrected chi connectivity index (χ1v) is 7.02. The normalized spacial score (nSPS) is 24.6. The Morgan fingerprint density at radius 2 is 1.72 bits per heavy atom. The lowest BCUT2D eigenvalue weighted by atomic mass is 9.85. The predicted octanol–water partition coefficient (Wildman–Crippen LogP) is 2.48. The average molecular weight is 254 g/mol. The number of hydrogen-bond acceptors (Lipinski definition) is 3. The highest BCUT2D eigenvalue weighted by molar-refractivity contribution is 5.68. The molecule has 0 atom stereocenters. The van der Waals surface area contributed by atoms with Gasteiger partial charge >= 0.3 is 6.09 Å². The Morgan fingerprint density at radius 3 is 2.17 bits per heavy atom. The monoisotopic (exact) mass is 254 g/mol. The number of carbonyl (C=O) groups is 1. The fraction of sp³-hybridized carbons (Fsp3) is 0.929. The van der Waals surface area contributed by atoms with E-state index in [9.17, 15) is 4.79 Å². The minimum Gasteiger partial charge on any atom is -0.444 e. The van der Waals surface area contributed by atoms with Crippen LogP contribution in [-0.2, 0) is 4.74 Å². The Morgan fingerprint density at radius 1 is 1.11 bits per heavy atom. The Balaban J connectivity index is 1.89. The lowest BCUT2D eigenvalue weighted by Gasteiger charge is -2.43. The topological polar surface area (TPSA) is 32.8 Å². The van der Waals surface area contributed by atoms with Crippen molar-refractivity contribution in [2.45, 2.75) is 57.6 Å². The zero-order chi connectivity index (χ0) is 13.4. The second-order valence-corrected chi connectivity index (χ2v) is 6.72. The standard InChI is InChI=1S/C14H26N2O2/c1-13(2,3)18-12(17)16-10-7-14(8-11-16)6-5-9-15(14)4/h5-11H2,1-4H3. The minimum absolute atomic E-state index is 0.155. The van der Waals surface area contributed by atoms with Crippen molar-refractivity contribution in [1.29, 1.82) is 0 Å². The van der Waals surface area contributed by atoms with Gasteiger partial charge in [-0.25, -0.2) is 4.79 Å². The van der Waals surface area contributed by atoms with E-state index < -0.39 is 5.60 Å². The van der Waals surface area contributed by atoms with Crippen LogP contribution in [0.1, 0.15) is 46.5 Å². The Kier molecular flexibility index (Phi) is 3.58. The van der Waals surface area contributed by atoms with E-state index in [-0.39, 0.29) is 6.09 Å². The van der Waals surface area contributed by atoms with Crippen LogP contribution in [0.3, 0.4) is 0 Å². The number of nitrogens with zero attached hydrogens (tertiary/aromatic N) is 2. The van der Waals surface area contributed by atoms with Crippen LogP contribution >= 0.6 is 0 Å². The SMILES string of the molecule is CN1CCCC12CCN(C(=O)OC(C)(C)C)CC2. The van der Waals surface area contributed by atoms with Crippen molar-refractivity contribution < 1.29 is 9.53 Å².